The maximum atomic E-state index is 11.5. The van der Waals surface area contributed by atoms with Crippen molar-refractivity contribution in [2.75, 3.05) is 7.05 Å². The highest BCUT2D eigenvalue weighted by atomic mass is 32.2. The van der Waals surface area contributed by atoms with Gasteiger partial charge in [-0.1, -0.05) is 12.1 Å². The SMILES string of the molecule is CN=C1NC(=O)/C(=C/c2ccc(O)cc2)S1. The molecule has 0 aromatic heterocycles. The molecule has 0 bridgehead atoms. The molecule has 82 valence electrons. The number of amidine groups is 1. The second-order valence-electron chi connectivity index (χ2n) is 3.19. The number of benzene rings is 1. The highest BCUT2D eigenvalue weighted by Gasteiger charge is 2.22. The maximum absolute atomic E-state index is 11.5. The minimum absolute atomic E-state index is 0.140. The van der Waals surface area contributed by atoms with E-state index in [2.05, 4.69) is 10.3 Å². The van der Waals surface area contributed by atoms with Crippen molar-refractivity contribution in [2.24, 2.45) is 4.99 Å². The minimum Gasteiger partial charge on any atom is -0.508 e. The summed E-state index contributed by atoms with van der Waals surface area (Å²) < 4.78 is 0. The van der Waals surface area contributed by atoms with Crippen LogP contribution in [0.5, 0.6) is 5.75 Å². The predicted molar refractivity (Wildman–Crippen MR) is 65.2 cm³/mol. The Labute approximate surface area is 97.1 Å². The maximum Gasteiger partial charge on any atom is 0.264 e. The van der Waals surface area contributed by atoms with Gasteiger partial charge in [-0.15, -0.1) is 0 Å². The number of phenolic OH excluding ortho intramolecular Hbond substituents is 1. The molecule has 1 amide bonds. The van der Waals surface area contributed by atoms with E-state index in [1.54, 1.807) is 37.4 Å². The van der Waals surface area contributed by atoms with Gasteiger partial charge in [-0.25, -0.2) is 0 Å². The number of amides is 1. The number of rotatable bonds is 1. The Morgan fingerprint density at radius 3 is 2.62 bits per heavy atom. The lowest BCUT2D eigenvalue weighted by Crippen LogP contribution is -2.19. The number of nitrogens with zero attached hydrogens (tertiary/aromatic N) is 1. The van der Waals surface area contributed by atoms with Gasteiger partial charge in [0.25, 0.3) is 5.91 Å². The molecule has 0 saturated carbocycles. The van der Waals surface area contributed by atoms with Crippen molar-refractivity contribution < 1.29 is 9.90 Å². The summed E-state index contributed by atoms with van der Waals surface area (Å²) in [5, 5.41) is 12.4. The van der Waals surface area contributed by atoms with Crippen LogP contribution in [-0.2, 0) is 4.79 Å². The van der Waals surface area contributed by atoms with E-state index in [9.17, 15) is 4.79 Å². The number of hydrogen-bond donors (Lipinski definition) is 2. The van der Waals surface area contributed by atoms with E-state index in [1.807, 2.05) is 0 Å². The molecule has 1 heterocycles. The van der Waals surface area contributed by atoms with E-state index in [0.717, 1.165) is 5.56 Å². The lowest BCUT2D eigenvalue weighted by Gasteiger charge is -1.95. The Balaban J connectivity index is 2.25. The quantitative estimate of drug-likeness (QED) is 0.725. The van der Waals surface area contributed by atoms with E-state index >= 15 is 0 Å². The van der Waals surface area contributed by atoms with Gasteiger partial charge in [0, 0.05) is 7.05 Å². The zero-order chi connectivity index (χ0) is 11.5. The molecule has 0 radical (unpaired) electrons. The predicted octanol–water partition coefficient (Wildman–Crippen LogP) is 1.58. The third kappa shape index (κ3) is 2.25. The first-order valence-electron chi connectivity index (χ1n) is 4.66. The number of hydrogen-bond acceptors (Lipinski definition) is 4. The zero-order valence-corrected chi connectivity index (χ0v) is 9.41. The first-order valence-corrected chi connectivity index (χ1v) is 5.47. The molecule has 1 aromatic rings. The topological polar surface area (TPSA) is 61.7 Å². The van der Waals surface area contributed by atoms with Crippen LogP contribution in [0.1, 0.15) is 5.56 Å². The first-order chi connectivity index (χ1) is 7.69. The van der Waals surface area contributed by atoms with Gasteiger partial charge < -0.3 is 10.4 Å². The third-order valence-electron chi connectivity index (χ3n) is 2.04. The molecular formula is C11H10N2O2S. The lowest BCUT2D eigenvalue weighted by atomic mass is 10.2. The standard InChI is InChI=1S/C11H10N2O2S/c1-12-11-13-10(15)9(16-11)6-7-2-4-8(14)5-3-7/h2-6,14H,1H3,(H,12,13,15)/b9-6-. The van der Waals surface area contributed by atoms with E-state index in [-0.39, 0.29) is 11.7 Å². The Bertz CT molecular complexity index is 477. The van der Waals surface area contributed by atoms with Crippen LogP contribution in [0.25, 0.3) is 6.08 Å². The number of phenols is 1. The van der Waals surface area contributed by atoms with Crippen molar-refractivity contribution in [3.05, 3.63) is 34.7 Å². The summed E-state index contributed by atoms with van der Waals surface area (Å²) in [5.74, 6) is 0.0696. The van der Waals surface area contributed by atoms with Crippen LogP contribution in [-0.4, -0.2) is 23.2 Å². The monoisotopic (exact) mass is 234 g/mol. The normalized spacial score (nSPS) is 20.4. The molecule has 0 atom stereocenters. The Morgan fingerprint density at radius 1 is 1.38 bits per heavy atom. The molecule has 1 aliphatic heterocycles. The van der Waals surface area contributed by atoms with Gasteiger partial charge in [-0.2, -0.15) is 0 Å². The van der Waals surface area contributed by atoms with Gasteiger partial charge in [-0.3, -0.25) is 9.79 Å². The van der Waals surface area contributed by atoms with Crippen molar-refractivity contribution in [3.8, 4) is 5.75 Å². The number of aliphatic imine (C=N–C) groups is 1. The van der Waals surface area contributed by atoms with E-state index in [0.29, 0.717) is 10.1 Å². The fraction of sp³-hybridized carbons (Fsp3) is 0.0909. The fourth-order valence-electron chi connectivity index (χ4n) is 1.25. The lowest BCUT2D eigenvalue weighted by molar-refractivity contribution is -0.115. The average molecular weight is 234 g/mol. The molecule has 1 aromatic carbocycles. The molecule has 2 rings (SSSR count). The molecule has 5 heteroatoms. The van der Waals surface area contributed by atoms with Crippen LogP contribution < -0.4 is 5.32 Å². The minimum atomic E-state index is -0.140. The molecule has 1 saturated heterocycles. The summed E-state index contributed by atoms with van der Waals surface area (Å²) in [6.07, 6.45) is 1.76. The van der Waals surface area contributed by atoms with E-state index < -0.39 is 0 Å². The summed E-state index contributed by atoms with van der Waals surface area (Å²) in [6.45, 7) is 0. The fourth-order valence-corrected chi connectivity index (χ4v) is 2.04. The van der Waals surface area contributed by atoms with Crippen LogP contribution in [0.2, 0.25) is 0 Å². The molecule has 0 unspecified atom stereocenters. The second kappa shape index (κ2) is 4.40. The summed E-state index contributed by atoms with van der Waals surface area (Å²) >= 11 is 1.31. The summed E-state index contributed by atoms with van der Waals surface area (Å²) in [7, 11) is 1.63. The van der Waals surface area contributed by atoms with Gasteiger partial charge >= 0.3 is 0 Å². The zero-order valence-electron chi connectivity index (χ0n) is 8.60. The average Bonchev–Trinajstić information content (AvgIpc) is 2.63. The first kappa shape index (κ1) is 10.8. The van der Waals surface area contributed by atoms with Crippen molar-refractivity contribution in [3.63, 3.8) is 0 Å². The number of nitrogens with one attached hydrogen (secondary N) is 1. The van der Waals surface area contributed by atoms with Crippen LogP contribution >= 0.6 is 11.8 Å². The van der Waals surface area contributed by atoms with E-state index in [1.165, 1.54) is 11.8 Å². The molecule has 1 fully saturated rings. The summed E-state index contributed by atoms with van der Waals surface area (Å²) in [5.41, 5.74) is 0.868. The molecule has 1 aliphatic rings. The van der Waals surface area contributed by atoms with Crippen LogP contribution in [0.15, 0.2) is 34.2 Å². The Morgan fingerprint density at radius 2 is 2.06 bits per heavy atom. The van der Waals surface area contributed by atoms with Crippen LogP contribution in [0.4, 0.5) is 0 Å². The van der Waals surface area contributed by atoms with Gasteiger partial charge in [0.1, 0.15) is 5.75 Å². The second-order valence-corrected chi connectivity index (χ2v) is 4.22. The number of carbonyl (C=O) groups excluding carboxylic acids is 1. The number of carbonyl (C=O) groups is 1. The van der Waals surface area contributed by atoms with Crippen molar-refractivity contribution in [1.29, 1.82) is 0 Å². The molecule has 16 heavy (non-hydrogen) atoms. The third-order valence-corrected chi connectivity index (χ3v) is 3.05. The summed E-state index contributed by atoms with van der Waals surface area (Å²) in [6, 6.07) is 6.66. The molecule has 0 spiro atoms. The highest BCUT2D eigenvalue weighted by Crippen LogP contribution is 2.26. The van der Waals surface area contributed by atoms with Gasteiger partial charge in [0.15, 0.2) is 5.17 Å². The molecule has 0 aliphatic carbocycles. The molecule has 4 nitrogen and oxygen atoms in total. The highest BCUT2D eigenvalue weighted by molar-refractivity contribution is 8.18. The largest absolute Gasteiger partial charge is 0.508 e. The van der Waals surface area contributed by atoms with Crippen LogP contribution in [0, 0.1) is 0 Å². The van der Waals surface area contributed by atoms with Crippen molar-refractivity contribution >= 4 is 28.9 Å². The smallest absolute Gasteiger partial charge is 0.264 e. The van der Waals surface area contributed by atoms with E-state index in [4.69, 9.17) is 5.11 Å². The summed E-state index contributed by atoms with van der Waals surface area (Å²) in [4.78, 5) is 16.0. The van der Waals surface area contributed by atoms with Crippen LogP contribution in [0.3, 0.4) is 0 Å². The van der Waals surface area contributed by atoms with Gasteiger partial charge in [0.05, 0.1) is 4.91 Å². The van der Waals surface area contributed by atoms with Crippen molar-refractivity contribution in [2.45, 2.75) is 0 Å². The molecular weight excluding hydrogens is 224 g/mol. The Hall–Kier alpha value is -1.75. The number of aromatic hydroxyl groups is 1. The Kier molecular flexibility index (Phi) is 2.96. The van der Waals surface area contributed by atoms with Gasteiger partial charge in [-0.05, 0) is 35.5 Å². The van der Waals surface area contributed by atoms with Crippen molar-refractivity contribution in [1.82, 2.24) is 5.32 Å². The number of thioether (sulfide) groups is 1. The molecule has 2 N–H and O–H groups in total. The van der Waals surface area contributed by atoms with Gasteiger partial charge in [0.2, 0.25) is 0 Å².